The van der Waals surface area contributed by atoms with Gasteiger partial charge in [-0.15, -0.1) is 0 Å². The highest BCUT2D eigenvalue weighted by Gasteiger charge is 2.32. The molecule has 4 rings (SSSR count). The van der Waals surface area contributed by atoms with Gasteiger partial charge in [0, 0.05) is 18.7 Å². The number of rotatable bonds is 5. The number of hydrogen-bond donors (Lipinski definition) is 0. The molecule has 2 heterocycles. The van der Waals surface area contributed by atoms with E-state index < -0.39 is 5.82 Å². The third kappa shape index (κ3) is 4.42. The van der Waals surface area contributed by atoms with Gasteiger partial charge < -0.3 is 9.64 Å². The van der Waals surface area contributed by atoms with Crippen molar-refractivity contribution in [1.29, 1.82) is 0 Å². The van der Waals surface area contributed by atoms with Gasteiger partial charge in [0.15, 0.2) is 0 Å². The normalized spacial score (nSPS) is 16.1. The molecule has 7 heteroatoms. The molecule has 0 aliphatic carbocycles. The third-order valence-electron chi connectivity index (χ3n) is 5.65. The summed E-state index contributed by atoms with van der Waals surface area (Å²) in [4.78, 5) is 27.5. The summed E-state index contributed by atoms with van der Waals surface area (Å²) < 4.78 is 21.2. The van der Waals surface area contributed by atoms with E-state index in [4.69, 9.17) is 4.74 Å². The molecule has 32 heavy (non-hydrogen) atoms. The first-order chi connectivity index (χ1) is 15.5. The summed E-state index contributed by atoms with van der Waals surface area (Å²) in [6.45, 7) is 4.89. The average Bonchev–Trinajstić information content (AvgIpc) is 3.24. The van der Waals surface area contributed by atoms with Crippen LogP contribution in [0.1, 0.15) is 35.8 Å². The lowest BCUT2D eigenvalue weighted by Crippen LogP contribution is -2.43. The smallest absolute Gasteiger partial charge is 0.310 e. The van der Waals surface area contributed by atoms with Crippen LogP contribution in [0.5, 0.6) is 0 Å². The van der Waals surface area contributed by atoms with E-state index in [1.165, 1.54) is 6.07 Å². The topological polar surface area (TPSA) is 64.4 Å². The van der Waals surface area contributed by atoms with Crippen LogP contribution in [0.4, 0.5) is 4.39 Å². The van der Waals surface area contributed by atoms with Crippen LogP contribution < -0.4 is 0 Å². The predicted molar refractivity (Wildman–Crippen MR) is 119 cm³/mol. The highest BCUT2D eigenvalue weighted by molar-refractivity contribution is 5.95. The van der Waals surface area contributed by atoms with Crippen LogP contribution in [-0.4, -0.2) is 46.3 Å². The summed E-state index contributed by atoms with van der Waals surface area (Å²) in [5, 5.41) is 4.59. The molecule has 1 saturated heterocycles. The second-order valence-corrected chi connectivity index (χ2v) is 7.99. The first kappa shape index (κ1) is 21.7. The molecule has 1 aromatic heterocycles. The zero-order chi connectivity index (χ0) is 22.7. The Morgan fingerprint density at radius 1 is 1.16 bits per heavy atom. The molecule has 1 fully saturated rings. The number of aromatic nitrogens is 2. The van der Waals surface area contributed by atoms with E-state index >= 15 is 0 Å². The predicted octanol–water partition coefficient (Wildman–Crippen LogP) is 4.40. The lowest BCUT2D eigenvalue weighted by atomic mass is 9.98. The number of piperidine rings is 1. The number of amides is 1. The molecule has 166 valence electrons. The summed E-state index contributed by atoms with van der Waals surface area (Å²) in [5.41, 5.74) is 2.78. The Labute approximate surface area is 186 Å². The second-order valence-electron chi connectivity index (χ2n) is 7.99. The molecule has 3 aromatic rings. The molecule has 0 radical (unpaired) electrons. The fourth-order valence-corrected chi connectivity index (χ4v) is 4.07. The molecule has 0 bridgehead atoms. The van der Waals surface area contributed by atoms with Crippen molar-refractivity contribution < 1.29 is 18.7 Å². The van der Waals surface area contributed by atoms with Crippen LogP contribution in [0, 0.1) is 18.7 Å². The zero-order valence-corrected chi connectivity index (χ0v) is 18.3. The molecule has 1 aliphatic rings. The van der Waals surface area contributed by atoms with Crippen LogP contribution >= 0.6 is 0 Å². The molecule has 1 aliphatic heterocycles. The minimum absolute atomic E-state index is 0.240. The molecular weight excluding hydrogens is 409 g/mol. The summed E-state index contributed by atoms with van der Waals surface area (Å²) in [5.74, 6) is -1.26. The van der Waals surface area contributed by atoms with Crippen molar-refractivity contribution in [3.05, 3.63) is 71.7 Å². The van der Waals surface area contributed by atoms with Gasteiger partial charge in [-0.3, -0.25) is 9.59 Å². The number of esters is 1. The van der Waals surface area contributed by atoms with E-state index in [-0.39, 0.29) is 17.8 Å². The maximum atomic E-state index is 14.5. The molecule has 1 amide bonds. The van der Waals surface area contributed by atoms with E-state index in [1.54, 1.807) is 40.8 Å². The Morgan fingerprint density at radius 2 is 1.97 bits per heavy atom. The van der Waals surface area contributed by atoms with Gasteiger partial charge in [0.2, 0.25) is 0 Å². The minimum Gasteiger partial charge on any atom is -0.466 e. The zero-order valence-electron chi connectivity index (χ0n) is 18.3. The lowest BCUT2D eigenvalue weighted by Gasteiger charge is -2.31. The average molecular weight is 435 g/mol. The Kier molecular flexibility index (Phi) is 6.35. The Hall–Kier alpha value is -3.48. The van der Waals surface area contributed by atoms with Gasteiger partial charge >= 0.3 is 5.97 Å². The van der Waals surface area contributed by atoms with Crippen molar-refractivity contribution in [2.24, 2.45) is 5.92 Å². The SMILES string of the molecule is CCOC(=O)C1CCCN(C(=O)c2cc(-c3ccccc3F)nn2-c2cccc(C)c2)C1. The number of carbonyl (C=O) groups is 2. The van der Waals surface area contributed by atoms with Gasteiger partial charge in [-0.1, -0.05) is 24.3 Å². The van der Waals surface area contributed by atoms with Crippen molar-refractivity contribution in [1.82, 2.24) is 14.7 Å². The van der Waals surface area contributed by atoms with Crippen molar-refractivity contribution in [3.63, 3.8) is 0 Å². The largest absolute Gasteiger partial charge is 0.466 e. The van der Waals surface area contributed by atoms with E-state index in [1.807, 2.05) is 31.2 Å². The fraction of sp³-hybridized carbons (Fsp3) is 0.320. The van der Waals surface area contributed by atoms with Crippen LogP contribution in [0.25, 0.3) is 16.9 Å². The van der Waals surface area contributed by atoms with Gasteiger partial charge in [0.25, 0.3) is 5.91 Å². The van der Waals surface area contributed by atoms with Gasteiger partial charge in [-0.25, -0.2) is 9.07 Å². The maximum absolute atomic E-state index is 14.5. The molecule has 0 N–H and O–H groups in total. The molecule has 1 atom stereocenters. The molecule has 1 unspecified atom stereocenters. The van der Waals surface area contributed by atoms with E-state index in [2.05, 4.69) is 5.10 Å². The summed E-state index contributed by atoms with van der Waals surface area (Å²) in [6.07, 6.45) is 1.41. The van der Waals surface area contributed by atoms with Crippen molar-refractivity contribution >= 4 is 11.9 Å². The summed E-state index contributed by atoms with van der Waals surface area (Å²) >= 11 is 0. The van der Waals surface area contributed by atoms with Crippen LogP contribution in [0.2, 0.25) is 0 Å². The summed E-state index contributed by atoms with van der Waals surface area (Å²) in [6, 6.07) is 15.6. The van der Waals surface area contributed by atoms with Gasteiger partial charge in [0.05, 0.1) is 23.9 Å². The van der Waals surface area contributed by atoms with Crippen LogP contribution in [-0.2, 0) is 9.53 Å². The van der Waals surface area contributed by atoms with Crippen LogP contribution in [0.15, 0.2) is 54.6 Å². The Bertz CT molecular complexity index is 1140. The number of likely N-dealkylation sites (tertiary alicyclic amines) is 1. The number of carbonyl (C=O) groups excluding carboxylic acids is 2. The number of aryl methyl sites for hydroxylation is 1. The third-order valence-corrected chi connectivity index (χ3v) is 5.65. The first-order valence-electron chi connectivity index (χ1n) is 10.9. The van der Waals surface area contributed by atoms with E-state index in [0.29, 0.717) is 49.5 Å². The van der Waals surface area contributed by atoms with Crippen molar-refractivity contribution in [2.75, 3.05) is 19.7 Å². The fourth-order valence-electron chi connectivity index (χ4n) is 4.07. The Morgan fingerprint density at radius 3 is 2.72 bits per heavy atom. The molecule has 2 aromatic carbocycles. The van der Waals surface area contributed by atoms with E-state index in [9.17, 15) is 14.0 Å². The highest BCUT2D eigenvalue weighted by atomic mass is 19.1. The van der Waals surface area contributed by atoms with Crippen molar-refractivity contribution in [2.45, 2.75) is 26.7 Å². The maximum Gasteiger partial charge on any atom is 0.310 e. The Balaban J connectivity index is 1.72. The lowest BCUT2D eigenvalue weighted by molar-refractivity contribution is -0.149. The second kappa shape index (κ2) is 9.34. The van der Waals surface area contributed by atoms with Crippen LogP contribution in [0.3, 0.4) is 0 Å². The van der Waals surface area contributed by atoms with Crippen molar-refractivity contribution in [3.8, 4) is 16.9 Å². The monoisotopic (exact) mass is 435 g/mol. The molecule has 0 spiro atoms. The molecule has 6 nitrogen and oxygen atoms in total. The number of hydrogen-bond acceptors (Lipinski definition) is 4. The first-order valence-corrected chi connectivity index (χ1v) is 10.9. The molecule has 0 saturated carbocycles. The summed E-state index contributed by atoms with van der Waals surface area (Å²) in [7, 11) is 0. The minimum atomic E-state index is -0.402. The van der Waals surface area contributed by atoms with Gasteiger partial charge in [-0.05, 0) is 62.6 Å². The number of ether oxygens (including phenoxy) is 1. The van der Waals surface area contributed by atoms with E-state index in [0.717, 1.165) is 11.3 Å². The van der Waals surface area contributed by atoms with Gasteiger partial charge in [0.1, 0.15) is 11.5 Å². The molecular formula is C25H26FN3O3. The standard InChI is InChI=1S/C25H26FN3O3/c1-3-32-25(31)18-9-7-13-28(16-18)24(30)23-15-22(20-11-4-5-12-21(20)26)27-29(23)19-10-6-8-17(2)14-19/h4-6,8,10-12,14-15,18H,3,7,9,13,16H2,1-2H3. The van der Waals surface area contributed by atoms with Gasteiger partial charge in [-0.2, -0.15) is 5.10 Å². The quantitative estimate of drug-likeness (QED) is 0.557. The number of halogens is 1. The number of benzene rings is 2. The highest BCUT2D eigenvalue weighted by Crippen LogP contribution is 2.27. The number of nitrogens with zero attached hydrogens (tertiary/aromatic N) is 3.